The molecule has 0 aliphatic heterocycles. The average Bonchev–Trinajstić information content (AvgIpc) is 2.62. The molecule has 0 aromatic heterocycles. The Balaban J connectivity index is 3.53. The van der Waals surface area contributed by atoms with E-state index in [2.05, 4.69) is 24.1 Å². The van der Waals surface area contributed by atoms with Gasteiger partial charge >= 0.3 is 0 Å². The third kappa shape index (κ3) is 16.6. The van der Waals surface area contributed by atoms with Gasteiger partial charge in [0.25, 0.3) is 0 Å². The third-order valence-corrected chi connectivity index (χ3v) is 4.68. The highest BCUT2D eigenvalue weighted by Gasteiger charge is 2.07. The molecule has 4 heteroatoms. The predicted octanol–water partition coefficient (Wildman–Crippen LogP) is 6.03. The summed E-state index contributed by atoms with van der Waals surface area (Å²) in [5, 5.41) is 0. The van der Waals surface area contributed by atoms with Crippen LogP contribution in [0.5, 0.6) is 0 Å². The largest absolute Gasteiger partial charge is 0.349 e. The number of carbonyl (C=O) groups excluding carboxylic acids is 1. The summed E-state index contributed by atoms with van der Waals surface area (Å²) in [6.45, 7) is 2.27. The van der Waals surface area contributed by atoms with E-state index in [0.29, 0.717) is 12.4 Å². The summed E-state index contributed by atoms with van der Waals surface area (Å²) in [5.41, 5.74) is 0. The number of nitrogens with zero attached hydrogens (tertiary/aromatic N) is 3. The van der Waals surface area contributed by atoms with Gasteiger partial charge < -0.3 is 9.80 Å². The zero-order chi connectivity index (χ0) is 20.3. The maximum atomic E-state index is 11.9. The van der Waals surface area contributed by atoms with Gasteiger partial charge in [0.05, 0.1) is 0 Å². The summed E-state index contributed by atoms with van der Waals surface area (Å²) in [7, 11) is 7.64. The number of rotatable bonds is 15. The second-order valence-electron chi connectivity index (χ2n) is 7.93. The third-order valence-electron chi connectivity index (χ3n) is 4.68. The Hall–Kier alpha value is -1.32. The van der Waals surface area contributed by atoms with Crippen molar-refractivity contribution in [3.63, 3.8) is 0 Å². The van der Waals surface area contributed by atoms with Crippen LogP contribution in [0.4, 0.5) is 0 Å². The number of aliphatic imine (C=N–C) groups is 1. The summed E-state index contributed by atoms with van der Waals surface area (Å²) in [5.74, 6) is 0.706. The molecule has 0 bridgehead atoms. The Bertz CT molecular complexity index is 404. The van der Waals surface area contributed by atoms with Gasteiger partial charge in [-0.25, -0.2) is 0 Å². The Morgan fingerprint density at radius 3 is 1.63 bits per heavy atom. The fourth-order valence-corrected chi connectivity index (χ4v) is 3.11. The topological polar surface area (TPSA) is 35.9 Å². The fourth-order valence-electron chi connectivity index (χ4n) is 3.11. The number of unbranched alkanes of at least 4 members (excludes halogenated alkanes) is 11. The SMILES string of the molecule is CCCCCCCC/C=C\CCCCCCCC(=O)N=C(N(C)C)N(C)C. The Kier molecular flexibility index (Phi) is 17.2. The maximum absolute atomic E-state index is 11.9. The zero-order valence-electron chi connectivity index (χ0n) is 18.8. The van der Waals surface area contributed by atoms with Gasteiger partial charge in [0, 0.05) is 34.6 Å². The minimum Gasteiger partial charge on any atom is -0.349 e. The molecule has 158 valence electrons. The number of amides is 1. The lowest BCUT2D eigenvalue weighted by atomic mass is 10.1. The van der Waals surface area contributed by atoms with Crippen molar-refractivity contribution >= 4 is 11.9 Å². The highest BCUT2D eigenvalue weighted by atomic mass is 16.1. The molecule has 0 N–H and O–H groups in total. The highest BCUT2D eigenvalue weighted by Crippen LogP contribution is 2.10. The monoisotopic (exact) mass is 379 g/mol. The molecule has 0 aromatic carbocycles. The van der Waals surface area contributed by atoms with Crippen LogP contribution in [0, 0.1) is 0 Å². The second kappa shape index (κ2) is 18.1. The van der Waals surface area contributed by atoms with Crippen LogP contribution in [0.3, 0.4) is 0 Å². The number of guanidine groups is 1. The molecular weight excluding hydrogens is 334 g/mol. The molecule has 0 unspecified atom stereocenters. The van der Waals surface area contributed by atoms with Crippen LogP contribution in [-0.4, -0.2) is 49.9 Å². The Morgan fingerprint density at radius 1 is 0.704 bits per heavy atom. The van der Waals surface area contributed by atoms with E-state index in [1.54, 1.807) is 0 Å². The van der Waals surface area contributed by atoms with Crippen LogP contribution in [0.1, 0.15) is 96.8 Å². The number of allylic oxidation sites excluding steroid dienone is 2. The lowest BCUT2D eigenvalue weighted by Gasteiger charge is -2.22. The van der Waals surface area contributed by atoms with Crippen LogP contribution in [0.2, 0.25) is 0 Å². The van der Waals surface area contributed by atoms with E-state index >= 15 is 0 Å². The van der Waals surface area contributed by atoms with E-state index in [0.717, 1.165) is 12.8 Å². The maximum Gasteiger partial charge on any atom is 0.248 e. The lowest BCUT2D eigenvalue weighted by molar-refractivity contribution is -0.118. The van der Waals surface area contributed by atoms with Crippen molar-refractivity contribution in [1.29, 1.82) is 0 Å². The number of carbonyl (C=O) groups is 1. The molecule has 0 fully saturated rings. The molecule has 0 radical (unpaired) electrons. The second-order valence-corrected chi connectivity index (χ2v) is 7.93. The van der Waals surface area contributed by atoms with Crippen molar-refractivity contribution in [2.24, 2.45) is 4.99 Å². The summed E-state index contributed by atoms with van der Waals surface area (Å²) in [6, 6.07) is 0. The van der Waals surface area contributed by atoms with E-state index in [4.69, 9.17) is 0 Å². The summed E-state index contributed by atoms with van der Waals surface area (Å²) in [6.07, 6.45) is 21.8. The van der Waals surface area contributed by atoms with Gasteiger partial charge in [-0.05, 0) is 32.1 Å². The smallest absolute Gasteiger partial charge is 0.248 e. The summed E-state index contributed by atoms with van der Waals surface area (Å²) >= 11 is 0. The molecule has 0 atom stereocenters. The molecule has 27 heavy (non-hydrogen) atoms. The molecule has 0 saturated carbocycles. The predicted molar refractivity (Wildman–Crippen MR) is 119 cm³/mol. The van der Waals surface area contributed by atoms with E-state index in [-0.39, 0.29) is 5.91 Å². The van der Waals surface area contributed by atoms with Crippen LogP contribution < -0.4 is 0 Å². The summed E-state index contributed by atoms with van der Waals surface area (Å²) in [4.78, 5) is 19.9. The standard InChI is InChI=1S/C23H45N3O/c1-6-7-8-9-10-11-12-13-14-15-16-17-18-19-20-21-22(27)24-23(25(2)3)26(4)5/h13-14H,6-12,15-21H2,1-5H3/b14-13-. The molecule has 1 amide bonds. The van der Waals surface area contributed by atoms with E-state index in [1.165, 1.54) is 70.6 Å². The van der Waals surface area contributed by atoms with Gasteiger partial charge in [0.2, 0.25) is 11.9 Å². The Morgan fingerprint density at radius 2 is 1.15 bits per heavy atom. The first-order chi connectivity index (χ1) is 13.0. The molecule has 0 saturated heterocycles. The van der Waals surface area contributed by atoms with E-state index < -0.39 is 0 Å². The van der Waals surface area contributed by atoms with Gasteiger partial charge in [-0.2, -0.15) is 4.99 Å². The van der Waals surface area contributed by atoms with Crippen molar-refractivity contribution in [2.45, 2.75) is 96.8 Å². The molecule has 0 aliphatic carbocycles. The molecule has 4 nitrogen and oxygen atoms in total. The van der Waals surface area contributed by atoms with Crippen LogP contribution >= 0.6 is 0 Å². The van der Waals surface area contributed by atoms with Crippen LogP contribution in [0.15, 0.2) is 17.1 Å². The molecule has 0 heterocycles. The van der Waals surface area contributed by atoms with Crippen LogP contribution in [0.25, 0.3) is 0 Å². The van der Waals surface area contributed by atoms with Gasteiger partial charge in [-0.15, -0.1) is 0 Å². The van der Waals surface area contributed by atoms with Crippen molar-refractivity contribution < 1.29 is 4.79 Å². The van der Waals surface area contributed by atoms with Crippen molar-refractivity contribution in [3.05, 3.63) is 12.2 Å². The molecule has 0 aromatic rings. The molecule has 0 spiro atoms. The average molecular weight is 380 g/mol. The van der Waals surface area contributed by atoms with Gasteiger partial charge in [-0.1, -0.05) is 70.4 Å². The first-order valence-electron chi connectivity index (χ1n) is 11.1. The normalized spacial score (nSPS) is 11.0. The summed E-state index contributed by atoms with van der Waals surface area (Å²) < 4.78 is 0. The fraction of sp³-hybridized carbons (Fsp3) is 0.826. The van der Waals surface area contributed by atoms with Crippen molar-refractivity contribution in [2.75, 3.05) is 28.2 Å². The van der Waals surface area contributed by atoms with Gasteiger partial charge in [-0.3, -0.25) is 4.79 Å². The quantitative estimate of drug-likeness (QED) is 0.151. The van der Waals surface area contributed by atoms with Crippen molar-refractivity contribution in [1.82, 2.24) is 9.80 Å². The van der Waals surface area contributed by atoms with E-state index in [9.17, 15) is 4.79 Å². The van der Waals surface area contributed by atoms with Crippen LogP contribution in [-0.2, 0) is 4.79 Å². The minimum absolute atomic E-state index is 0.00923. The first-order valence-corrected chi connectivity index (χ1v) is 11.1. The Labute approximate surface area is 169 Å². The highest BCUT2D eigenvalue weighted by molar-refractivity contribution is 5.92. The molecular formula is C23H45N3O. The van der Waals surface area contributed by atoms with Crippen molar-refractivity contribution in [3.8, 4) is 0 Å². The van der Waals surface area contributed by atoms with E-state index in [1.807, 2.05) is 38.0 Å². The zero-order valence-corrected chi connectivity index (χ0v) is 18.8. The number of hydrogen-bond acceptors (Lipinski definition) is 1. The van der Waals surface area contributed by atoms with Gasteiger partial charge in [0.15, 0.2) is 0 Å². The molecule has 0 rings (SSSR count). The van der Waals surface area contributed by atoms with Gasteiger partial charge in [0.1, 0.15) is 0 Å². The first kappa shape index (κ1) is 25.7. The number of hydrogen-bond donors (Lipinski definition) is 0. The lowest BCUT2D eigenvalue weighted by Crippen LogP contribution is -2.36. The minimum atomic E-state index is -0.00923. The molecule has 0 aliphatic rings.